The molecule has 2 N–H and O–H groups in total. The Morgan fingerprint density at radius 2 is 2.00 bits per heavy atom. The van der Waals surface area contributed by atoms with E-state index in [-0.39, 0.29) is 30.0 Å². The summed E-state index contributed by atoms with van der Waals surface area (Å²) in [4.78, 5) is 26.1. The van der Waals surface area contributed by atoms with Crippen LogP contribution in [0.2, 0.25) is 0 Å². The van der Waals surface area contributed by atoms with Crippen LogP contribution in [-0.2, 0) is 4.74 Å². The van der Waals surface area contributed by atoms with E-state index < -0.39 is 18.8 Å². The number of aromatic nitrogens is 2. The SMILES string of the molecule is CC(C)n1c(=O)n(-c2cccc(OC(F)F)c2)c2ccc(C(=O)N[C@H]3CCOC[C@@H]3O)cc21. The number of nitrogens with zero attached hydrogens (tertiary/aromatic N) is 2. The number of fused-ring (bicyclic) bond motifs is 1. The number of hydrogen-bond acceptors (Lipinski definition) is 5. The highest BCUT2D eigenvalue weighted by molar-refractivity contribution is 5.98. The van der Waals surface area contributed by atoms with Crippen LogP contribution in [0.1, 0.15) is 36.7 Å². The van der Waals surface area contributed by atoms with Crippen molar-refractivity contribution in [1.82, 2.24) is 14.5 Å². The monoisotopic (exact) mass is 461 g/mol. The van der Waals surface area contributed by atoms with Gasteiger partial charge in [-0.15, -0.1) is 0 Å². The lowest BCUT2D eigenvalue weighted by molar-refractivity contribution is -0.0498. The van der Waals surface area contributed by atoms with Gasteiger partial charge in [0.25, 0.3) is 5.91 Å². The fourth-order valence-electron chi connectivity index (χ4n) is 4.05. The predicted molar refractivity (Wildman–Crippen MR) is 117 cm³/mol. The maximum absolute atomic E-state index is 13.3. The van der Waals surface area contributed by atoms with Crippen molar-refractivity contribution in [2.24, 2.45) is 0 Å². The van der Waals surface area contributed by atoms with Crippen LogP contribution in [0, 0.1) is 0 Å². The highest BCUT2D eigenvalue weighted by atomic mass is 19.3. The lowest BCUT2D eigenvalue weighted by Gasteiger charge is -2.28. The smallest absolute Gasteiger partial charge is 0.387 e. The van der Waals surface area contributed by atoms with Crippen molar-refractivity contribution in [1.29, 1.82) is 0 Å². The van der Waals surface area contributed by atoms with Crippen LogP contribution in [0.5, 0.6) is 5.75 Å². The van der Waals surface area contributed by atoms with E-state index in [1.807, 2.05) is 13.8 Å². The average Bonchev–Trinajstić information content (AvgIpc) is 3.06. The first-order valence-corrected chi connectivity index (χ1v) is 10.6. The van der Waals surface area contributed by atoms with Gasteiger partial charge in [0, 0.05) is 24.3 Å². The van der Waals surface area contributed by atoms with Crippen molar-refractivity contribution >= 4 is 16.9 Å². The summed E-state index contributed by atoms with van der Waals surface area (Å²) in [5, 5.41) is 12.9. The quantitative estimate of drug-likeness (QED) is 0.589. The van der Waals surface area contributed by atoms with Gasteiger partial charge in [-0.1, -0.05) is 6.07 Å². The number of nitrogens with one attached hydrogen (secondary N) is 1. The molecule has 2 heterocycles. The van der Waals surface area contributed by atoms with Crippen molar-refractivity contribution in [3.05, 3.63) is 58.5 Å². The summed E-state index contributed by atoms with van der Waals surface area (Å²) in [5.41, 5.74) is 1.38. The number of benzene rings is 2. The Bertz CT molecular complexity index is 1220. The van der Waals surface area contributed by atoms with Gasteiger partial charge < -0.3 is 19.9 Å². The van der Waals surface area contributed by atoms with Crippen molar-refractivity contribution in [2.75, 3.05) is 13.2 Å². The minimum Gasteiger partial charge on any atom is -0.435 e. The maximum atomic E-state index is 13.3. The Balaban J connectivity index is 1.76. The highest BCUT2D eigenvalue weighted by Crippen LogP contribution is 2.25. The van der Waals surface area contributed by atoms with E-state index in [0.29, 0.717) is 35.3 Å². The number of rotatable bonds is 6. The summed E-state index contributed by atoms with van der Waals surface area (Å²) in [6.07, 6.45) is -0.289. The van der Waals surface area contributed by atoms with E-state index in [1.54, 1.807) is 24.3 Å². The van der Waals surface area contributed by atoms with E-state index in [1.165, 1.54) is 27.3 Å². The van der Waals surface area contributed by atoms with Gasteiger partial charge in [-0.25, -0.2) is 4.79 Å². The number of aliphatic hydroxyl groups excluding tert-OH is 1. The van der Waals surface area contributed by atoms with Crippen molar-refractivity contribution in [2.45, 2.75) is 45.1 Å². The Hall–Kier alpha value is -3.24. The van der Waals surface area contributed by atoms with E-state index in [0.717, 1.165) is 0 Å². The normalized spacial score (nSPS) is 18.8. The summed E-state index contributed by atoms with van der Waals surface area (Å²) in [6.45, 7) is 1.31. The molecule has 1 aromatic heterocycles. The Morgan fingerprint density at radius 1 is 1.21 bits per heavy atom. The zero-order valence-corrected chi connectivity index (χ0v) is 18.2. The number of halogens is 2. The molecule has 1 aliphatic rings. The fraction of sp³-hybridized carbons (Fsp3) is 0.391. The first-order chi connectivity index (χ1) is 15.8. The average molecular weight is 461 g/mol. The number of alkyl halides is 2. The molecule has 4 rings (SSSR count). The molecule has 33 heavy (non-hydrogen) atoms. The van der Waals surface area contributed by atoms with Crippen molar-refractivity contribution in [3.63, 3.8) is 0 Å². The van der Waals surface area contributed by atoms with Gasteiger partial charge in [-0.05, 0) is 50.6 Å². The maximum Gasteiger partial charge on any atom is 0.387 e. The predicted octanol–water partition coefficient (Wildman–Crippen LogP) is 2.85. The molecule has 1 fully saturated rings. The molecule has 3 aromatic rings. The molecule has 0 aliphatic carbocycles. The highest BCUT2D eigenvalue weighted by Gasteiger charge is 2.26. The summed E-state index contributed by atoms with van der Waals surface area (Å²) in [5.74, 6) is -0.434. The number of aliphatic hydroxyl groups is 1. The van der Waals surface area contributed by atoms with Crippen LogP contribution < -0.4 is 15.7 Å². The third kappa shape index (κ3) is 4.62. The van der Waals surface area contributed by atoms with Crippen LogP contribution in [0.3, 0.4) is 0 Å². The Morgan fingerprint density at radius 3 is 2.70 bits per heavy atom. The molecule has 0 saturated carbocycles. The molecule has 2 aromatic carbocycles. The van der Waals surface area contributed by atoms with Crippen LogP contribution >= 0.6 is 0 Å². The zero-order chi connectivity index (χ0) is 23.7. The third-order valence-electron chi connectivity index (χ3n) is 5.60. The van der Waals surface area contributed by atoms with Crippen LogP contribution in [-0.4, -0.2) is 52.1 Å². The van der Waals surface area contributed by atoms with Crippen LogP contribution in [0.4, 0.5) is 8.78 Å². The first kappa shape index (κ1) is 22.9. The topological polar surface area (TPSA) is 94.7 Å². The molecule has 0 spiro atoms. The number of imidazole rings is 1. The van der Waals surface area contributed by atoms with Gasteiger partial charge in [-0.2, -0.15) is 8.78 Å². The lowest BCUT2D eigenvalue weighted by Crippen LogP contribution is -2.48. The molecule has 0 unspecified atom stereocenters. The van der Waals surface area contributed by atoms with Gasteiger partial charge >= 0.3 is 12.3 Å². The molecule has 1 saturated heterocycles. The molecule has 176 valence electrons. The molecule has 0 radical (unpaired) electrons. The molecule has 1 aliphatic heterocycles. The van der Waals surface area contributed by atoms with E-state index in [9.17, 15) is 23.5 Å². The molecule has 0 bridgehead atoms. The molecule has 2 atom stereocenters. The van der Waals surface area contributed by atoms with E-state index in [4.69, 9.17) is 4.74 Å². The molecular weight excluding hydrogens is 436 g/mol. The zero-order valence-electron chi connectivity index (χ0n) is 18.2. The van der Waals surface area contributed by atoms with Crippen molar-refractivity contribution < 1.29 is 28.2 Å². The first-order valence-electron chi connectivity index (χ1n) is 10.6. The summed E-state index contributed by atoms with van der Waals surface area (Å²) in [7, 11) is 0. The summed E-state index contributed by atoms with van der Waals surface area (Å²) < 4.78 is 37.9. The standard InChI is InChI=1S/C23H25F2N3O5/c1-13(2)27-19-10-14(21(30)26-17-8-9-32-12-20(17)29)6-7-18(19)28(23(27)31)15-4-3-5-16(11-15)33-22(24)25/h3-7,10-11,13,17,20,22,29H,8-9,12H2,1-2H3,(H,26,30)/t17-,20-/m0/s1. The molecule has 8 nitrogen and oxygen atoms in total. The number of carbonyl (C=O) groups excluding carboxylic acids is 1. The minimum atomic E-state index is -2.98. The second-order valence-electron chi connectivity index (χ2n) is 8.17. The number of carbonyl (C=O) groups is 1. The summed E-state index contributed by atoms with van der Waals surface area (Å²) >= 11 is 0. The van der Waals surface area contributed by atoms with Gasteiger partial charge in [-0.3, -0.25) is 13.9 Å². The second kappa shape index (κ2) is 9.32. The van der Waals surface area contributed by atoms with Crippen LogP contribution in [0.25, 0.3) is 16.7 Å². The largest absolute Gasteiger partial charge is 0.435 e. The van der Waals surface area contributed by atoms with E-state index >= 15 is 0 Å². The van der Waals surface area contributed by atoms with Gasteiger partial charge in [0.2, 0.25) is 0 Å². The molecular formula is C23H25F2N3O5. The van der Waals surface area contributed by atoms with E-state index in [2.05, 4.69) is 10.1 Å². The van der Waals surface area contributed by atoms with Gasteiger partial charge in [0.15, 0.2) is 0 Å². The number of amides is 1. The molecule has 10 heteroatoms. The second-order valence-corrected chi connectivity index (χ2v) is 8.17. The fourth-order valence-corrected chi connectivity index (χ4v) is 4.05. The minimum absolute atomic E-state index is 0.0640. The van der Waals surface area contributed by atoms with Gasteiger partial charge in [0.05, 0.1) is 35.5 Å². The third-order valence-corrected chi connectivity index (χ3v) is 5.60. The van der Waals surface area contributed by atoms with Crippen molar-refractivity contribution in [3.8, 4) is 11.4 Å². The number of hydrogen-bond donors (Lipinski definition) is 2. The Kier molecular flexibility index (Phi) is 6.48. The lowest BCUT2D eigenvalue weighted by atomic mass is 10.1. The molecule has 1 amide bonds. The number of ether oxygens (including phenoxy) is 2. The van der Waals surface area contributed by atoms with Gasteiger partial charge in [0.1, 0.15) is 5.75 Å². The van der Waals surface area contributed by atoms with Crippen LogP contribution in [0.15, 0.2) is 47.3 Å². The summed E-state index contributed by atoms with van der Waals surface area (Å²) in [6, 6.07) is 10.1. The Labute approximate surface area is 188 Å².